The summed E-state index contributed by atoms with van der Waals surface area (Å²) in [6.45, 7) is 19.2. The van der Waals surface area contributed by atoms with Crippen molar-refractivity contribution in [2.75, 3.05) is 0 Å². The van der Waals surface area contributed by atoms with Crippen LogP contribution in [0, 0.1) is 23.2 Å². The van der Waals surface area contributed by atoms with Gasteiger partial charge in [-0.3, -0.25) is 0 Å². The largest absolute Gasteiger partial charge is 0.113 e. The molecular formula is C19H40B. The van der Waals surface area contributed by atoms with E-state index in [1.165, 1.54) is 38.4 Å². The van der Waals surface area contributed by atoms with Crippen molar-refractivity contribution in [2.45, 2.75) is 99.6 Å². The average molecular weight is 279 g/mol. The summed E-state index contributed by atoms with van der Waals surface area (Å²) in [6, 6.07) is 0. The van der Waals surface area contributed by atoms with E-state index in [1.54, 1.807) is 0 Å². The fourth-order valence-electron chi connectivity index (χ4n) is 3.61. The van der Waals surface area contributed by atoms with Crippen molar-refractivity contribution < 1.29 is 0 Å². The van der Waals surface area contributed by atoms with Crippen LogP contribution < -0.4 is 0 Å². The maximum Gasteiger partial charge on any atom is 0.113 e. The summed E-state index contributed by atoms with van der Waals surface area (Å²) in [7, 11) is 2.59. The lowest BCUT2D eigenvalue weighted by Crippen LogP contribution is -2.24. The first-order valence-corrected chi connectivity index (χ1v) is 9.07. The minimum atomic E-state index is 0.532. The van der Waals surface area contributed by atoms with E-state index in [1.807, 2.05) is 0 Å². The van der Waals surface area contributed by atoms with Crippen LogP contribution in [0.1, 0.15) is 87.5 Å². The van der Waals surface area contributed by atoms with E-state index in [2.05, 4.69) is 62.7 Å². The molecule has 0 saturated heterocycles. The second-order valence-electron chi connectivity index (χ2n) is 8.17. The second kappa shape index (κ2) is 9.90. The summed E-state index contributed by atoms with van der Waals surface area (Å²) in [5, 5.41) is 0. The van der Waals surface area contributed by atoms with Gasteiger partial charge in [-0.2, -0.15) is 0 Å². The van der Waals surface area contributed by atoms with E-state index in [9.17, 15) is 0 Å². The van der Waals surface area contributed by atoms with Gasteiger partial charge in [0.05, 0.1) is 0 Å². The average Bonchev–Trinajstić information content (AvgIpc) is 2.35. The van der Waals surface area contributed by atoms with Crippen LogP contribution in [0.4, 0.5) is 0 Å². The smallest absolute Gasteiger partial charge is 0.0774 e. The van der Waals surface area contributed by atoms with E-state index >= 15 is 0 Å². The zero-order valence-electron chi connectivity index (χ0n) is 15.6. The van der Waals surface area contributed by atoms with Crippen LogP contribution in [0.5, 0.6) is 0 Å². The molecule has 4 atom stereocenters. The minimum absolute atomic E-state index is 0.532. The lowest BCUT2D eigenvalue weighted by molar-refractivity contribution is 0.190. The Hall–Kier alpha value is 0.0649. The van der Waals surface area contributed by atoms with Crippen LogP contribution in [0.3, 0.4) is 0 Å². The fourth-order valence-corrected chi connectivity index (χ4v) is 3.61. The van der Waals surface area contributed by atoms with E-state index in [-0.39, 0.29) is 0 Å². The predicted octanol–water partition coefficient (Wildman–Crippen LogP) is 6.84. The van der Waals surface area contributed by atoms with Crippen molar-refractivity contribution in [2.24, 2.45) is 23.2 Å². The highest BCUT2D eigenvalue weighted by Gasteiger charge is 2.28. The van der Waals surface area contributed by atoms with Crippen LogP contribution in [0.25, 0.3) is 0 Å². The van der Waals surface area contributed by atoms with Crippen LogP contribution in [-0.2, 0) is 0 Å². The monoisotopic (exact) mass is 279 g/mol. The van der Waals surface area contributed by atoms with Gasteiger partial charge in [0.25, 0.3) is 0 Å². The topological polar surface area (TPSA) is 0 Å². The molecule has 20 heavy (non-hydrogen) atoms. The van der Waals surface area contributed by atoms with Gasteiger partial charge >= 0.3 is 0 Å². The first-order valence-electron chi connectivity index (χ1n) is 9.07. The van der Waals surface area contributed by atoms with Crippen LogP contribution >= 0.6 is 0 Å². The van der Waals surface area contributed by atoms with Crippen molar-refractivity contribution in [3.8, 4) is 0 Å². The molecular weight excluding hydrogens is 239 g/mol. The summed E-state index contributed by atoms with van der Waals surface area (Å²) in [5.41, 5.74) is 0.532. The van der Waals surface area contributed by atoms with Gasteiger partial charge in [0.15, 0.2) is 0 Å². The molecule has 0 aliphatic heterocycles. The Kier molecular flexibility index (Phi) is 9.94. The third-order valence-electron chi connectivity index (χ3n) is 5.16. The molecule has 1 radical (unpaired) electrons. The zero-order chi connectivity index (χ0) is 15.8. The van der Waals surface area contributed by atoms with Crippen LogP contribution in [0.2, 0.25) is 12.1 Å². The van der Waals surface area contributed by atoms with Crippen molar-refractivity contribution in [1.29, 1.82) is 0 Å². The van der Waals surface area contributed by atoms with Gasteiger partial charge in [-0.05, 0) is 30.1 Å². The summed E-state index contributed by atoms with van der Waals surface area (Å²) < 4.78 is 0. The first kappa shape index (κ1) is 20.1. The van der Waals surface area contributed by atoms with Gasteiger partial charge in [0.1, 0.15) is 7.28 Å². The first-order chi connectivity index (χ1) is 9.24. The maximum absolute atomic E-state index is 2.59. The number of hydrogen-bond acceptors (Lipinski definition) is 0. The Morgan fingerprint density at radius 2 is 1.55 bits per heavy atom. The molecule has 0 nitrogen and oxygen atoms in total. The van der Waals surface area contributed by atoms with Crippen molar-refractivity contribution in [1.82, 2.24) is 0 Å². The normalized spacial score (nSPS) is 19.4. The molecule has 0 amide bonds. The third kappa shape index (κ3) is 8.37. The Morgan fingerprint density at radius 1 is 0.950 bits per heavy atom. The lowest BCUT2D eigenvalue weighted by atomic mass is 9.54. The van der Waals surface area contributed by atoms with Gasteiger partial charge in [-0.1, -0.05) is 92.7 Å². The molecule has 0 aromatic rings. The molecule has 0 aromatic heterocycles. The van der Waals surface area contributed by atoms with Crippen molar-refractivity contribution in [3.63, 3.8) is 0 Å². The molecule has 4 unspecified atom stereocenters. The SMILES string of the molecule is CCCC(C)C[B]C(C)C(C)CC(C)(CC)CC(C)C. The Balaban J connectivity index is 4.25. The van der Waals surface area contributed by atoms with Gasteiger partial charge in [-0.25, -0.2) is 0 Å². The molecule has 0 fully saturated rings. The van der Waals surface area contributed by atoms with Crippen molar-refractivity contribution in [3.05, 3.63) is 0 Å². The van der Waals surface area contributed by atoms with E-state index < -0.39 is 0 Å². The third-order valence-corrected chi connectivity index (χ3v) is 5.16. The molecule has 0 N–H and O–H groups in total. The van der Waals surface area contributed by atoms with Crippen LogP contribution in [0.15, 0.2) is 0 Å². The molecule has 119 valence electrons. The van der Waals surface area contributed by atoms with E-state index in [0.717, 1.165) is 23.6 Å². The Morgan fingerprint density at radius 3 is 2.00 bits per heavy atom. The predicted molar refractivity (Wildman–Crippen MR) is 95.7 cm³/mol. The number of rotatable bonds is 11. The summed E-state index contributed by atoms with van der Waals surface area (Å²) in [5.74, 6) is 3.25. The molecule has 0 aliphatic carbocycles. The minimum Gasteiger partial charge on any atom is -0.0774 e. The van der Waals surface area contributed by atoms with Gasteiger partial charge in [0, 0.05) is 0 Å². The van der Waals surface area contributed by atoms with E-state index in [4.69, 9.17) is 0 Å². The molecule has 0 bridgehead atoms. The second-order valence-corrected chi connectivity index (χ2v) is 8.17. The lowest BCUT2D eigenvalue weighted by Gasteiger charge is -2.35. The molecule has 0 saturated carbocycles. The maximum atomic E-state index is 2.59. The highest BCUT2D eigenvalue weighted by molar-refractivity contribution is 6.37. The molecule has 0 spiro atoms. The van der Waals surface area contributed by atoms with Crippen molar-refractivity contribution >= 4 is 7.28 Å². The summed E-state index contributed by atoms with van der Waals surface area (Å²) in [6.07, 6.45) is 8.05. The van der Waals surface area contributed by atoms with E-state index in [0.29, 0.717) is 5.41 Å². The molecule has 0 heterocycles. The Labute approximate surface area is 130 Å². The quantitative estimate of drug-likeness (QED) is 0.363. The molecule has 0 aliphatic rings. The van der Waals surface area contributed by atoms with Gasteiger partial charge in [-0.15, -0.1) is 0 Å². The summed E-state index contributed by atoms with van der Waals surface area (Å²) >= 11 is 0. The highest BCUT2D eigenvalue weighted by Crippen LogP contribution is 2.39. The molecule has 0 rings (SSSR count). The van der Waals surface area contributed by atoms with Crippen LogP contribution in [-0.4, -0.2) is 7.28 Å². The molecule has 1 heteroatoms. The van der Waals surface area contributed by atoms with Gasteiger partial charge < -0.3 is 0 Å². The zero-order valence-corrected chi connectivity index (χ0v) is 15.6. The highest BCUT2D eigenvalue weighted by atomic mass is 14.3. The van der Waals surface area contributed by atoms with Gasteiger partial charge in [0.2, 0.25) is 0 Å². The summed E-state index contributed by atoms with van der Waals surface area (Å²) in [4.78, 5) is 0. The fraction of sp³-hybridized carbons (Fsp3) is 1.00. The Bertz CT molecular complexity index is 236. The molecule has 0 aromatic carbocycles. The standard InChI is InChI=1S/C19H40B/c1-9-11-16(5)14-20-18(7)17(6)13-19(8,10-2)12-15(3)4/h15-18H,9-14H2,1-8H3. The number of hydrogen-bond donors (Lipinski definition) is 0.